The standard InChI is InChI=1S/6ClH.H3N.Rh/h6*1H;1H3;/q;;;;;;;+5/p-5. The summed E-state index contributed by atoms with van der Waals surface area (Å²) >= 11 is 0. The molecule has 60 valence electrons. The van der Waals surface area contributed by atoms with Crippen molar-refractivity contribution in [3.05, 3.63) is 0 Å². The molecule has 1 nitrogen and oxygen atoms in total. The Labute approximate surface area is 70.0 Å². The van der Waals surface area contributed by atoms with E-state index < -0.39 is 6.48 Å². The van der Waals surface area contributed by atoms with Gasteiger partial charge in [-0.2, -0.15) is 0 Å². The molecule has 0 rings (SSSR count). The van der Waals surface area contributed by atoms with E-state index in [-0.39, 0.29) is 6.15 Å². The van der Waals surface area contributed by atoms with Crippen LogP contribution in [0.3, 0.4) is 0 Å². The average Bonchev–Trinajstić information content (AvgIpc) is 0.592. The van der Waals surface area contributed by atoms with E-state index in [9.17, 15) is 0 Å². The zero-order chi connectivity index (χ0) is 6.41. The van der Waals surface area contributed by atoms with Gasteiger partial charge in [0.25, 0.3) is 0 Å². The van der Waals surface area contributed by atoms with Crippen LogP contribution in [0.4, 0.5) is 0 Å². The topological polar surface area (TPSA) is 36.5 Å². The number of halogens is 6. The summed E-state index contributed by atoms with van der Waals surface area (Å²) in [6.07, 6.45) is 0. The minimum atomic E-state index is -5.15. The van der Waals surface area contributed by atoms with Crippen LogP contribution in [0.1, 0.15) is 0 Å². The predicted octanol–water partition coefficient (Wildman–Crippen LogP) is 4.51. The van der Waals surface area contributed by atoms with Crippen molar-refractivity contribution in [2.45, 2.75) is 0 Å². The third-order valence-electron chi connectivity index (χ3n) is 0. The van der Waals surface area contributed by atoms with E-state index in [0.29, 0.717) is 0 Å². The van der Waals surface area contributed by atoms with Crippen LogP contribution in [0.2, 0.25) is 0 Å². The molecule has 0 aromatic heterocycles. The van der Waals surface area contributed by atoms with Gasteiger partial charge in [-0.25, -0.2) is 0 Å². The smallest absolute Gasteiger partial charge is 0.369 e. The fourth-order valence-electron chi connectivity index (χ4n) is 0. The summed E-state index contributed by atoms with van der Waals surface area (Å²) in [7, 11) is 30.2. The molecule has 0 heterocycles. The number of hydrogen-bond acceptors (Lipinski definition) is 0. The van der Waals surface area contributed by atoms with E-state index in [1.54, 1.807) is 0 Å². The van der Waals surface area contributed by atoms with Gasteiger partial charge >= 0.3 is 64.6 Å². The van der Waals surface area contributed by atoms with Gasteiger partial charge in [-0.05, 0) is 0 Å². The molecular weight excluding hydrogens is 330 g/mol. The van der Waals surface area contributed by atoms with Gasteiger partial charge in [0.15, 0.2) is 0 Å². The maximum Gasteiger partial charge on any atom is -0.369 e. The molecule has 0 spiro atoms. The molecule has 0 unspecified atom stereocenters. The second-order valence-corrected chi connectivity index (χ2v) is 38.0. The van der Waals surface area contributed by atoms with Gasteiger partial charge in [-0.3, -0.25) is 0 Å². The van der Waals surface area contributed by atoms with Crippen LogP contribution in [-0.4, -0.2) is 0 Å². The molecule has 0 aliphatic rings. The first-order chi connectivity index (χ1) is 2.45. The predicted molar refractivity (Wildman–Crippen MR) is 41.1 cm³/mol. The zero-order valence-corrected chi connectivity index (χ0v) is 9.78. The van der Waals surface area contributed by atoms with Gasteiger partial charge in [0, 0.05) is 0 Å². The second-order valence-electron chi connectivity index (χ2n) is 0.714. The molecule has 0 aliphatic heterocycles. The molecule has 0 amide bonds. The monoisotopic (exact) mass is 331 g/mol. The van der Waals surface area contributed by atoms with E-state index in [2.05, 4.69) is 0 Å². The van der Waals surface area contributed by atoms with Gasteiger partial charge in [0.2, 0.25) is 0 Å². The van der Waals surface area contributed by atoms with Crippen molar-refractivity contribution in [1.82, 2.24) is 6.15 Å². The number of quaternary nitrogens is 1. The summed E-state index contributed by atoms with van der Waals surface area (Å²) < 4.78 is 0. The molecule has 0 bridgehead atoms. The molecule has 0 atom stereocenters. The fraction of sp³-hybridized carbons (Fsp3) is 0. The van der Waals surface area contributed by atoms with Crippen LogP contribution in [0.25, 0.3) is 0 Å². The van der Waals surface area contributed by atoms with Crippen molar-refractivity contribution in [2.75, 3.05) is 0 Å². The first-order valence-electron chi connectivity index (χ1n) is 0.756. The fourth-order valence-corrected chi connectivity index (χ4v) is 0. The van der Waals surface area contributed by atoms with Crippen LogP contribution >= 0.6 is 58.1 Å². The van der Waals surface area contributed by atoms with Gasteiger partial charge in [-0.1, -0.05) is 0 Å². The van der Waals surface area contributed by atoms with E-state index in [1.807, 2.05) is 0 Å². The average molecular weight is 334 g/mol. The molecule has 4 N–H and O–H groups in total. The van der Waals surface area contributed by atoms with Crippen LogP contribution in [0.15, 0.2) is 0 Å². The summed E-state index contributed by atoms with van der Waals surface area (Å²) in [4.78, 5) is 0. The Morgan fingerprint density at radius 3 is 0.625 bits per heavy atom. The first-order valence-corrected chi connectivity index (χ1v) is 13.4. The van der Waals surface area contributed by atoms with Crippen molar-refractivity contribution in [3.8, 4) is 0 Å². The van der Waals surface area contributed by atoms with Gasteiger partial charge < -0.3 is 6.15 Å². The molecule has 8 heteroatoms. The third kappa shape index (κ3) is 82.7. The van der Waals surface area contributed by atoms with Crippen LogP contribution in [0.5, 0.6) is 0 Å². The summed E-state index contributed by atoms with van der Waals surface area (Å²) in [6.45, 7) is -5.15. The Morgan fingerprint density at radius 1 is 0.625 bits per heavy atom. The quantitative estimate of drug-likeness (QED) is 0.633. The van der Waals surface area contributed by atoms with Crippen LogP contribution < -0.4 is 6.15 Å². The van der Waals surface area contributed by atoms with Crippen LogP contribution in [0, 0.1) is 0 Å². The van der Waals surface area contributed by atoms with Crippen molar-refractivity contribution in [2.24, 2.45) is 0 Å². The molecule has 0 saturated heterocycles. The Kier molecular flexibility index (Phi) is 3.48. The van der Waals surface area contributed by atoms with Crippen molar-refractivity contribution < 1.29 is 6.48 Å². The molecule has 0 fully saturated rings. The van der Waals surface area contributed by atoms with E-state index in [0.717, 1.165) is 0 Å². The van der Waals surface area contributed by atoms with Gasteiger partial charge in [0.1, 0.15) is 0 Å². The number of rotatable bonds is 0. The minimum absolute atomic E-state index is 0. The third-order valence-corrected chi connectivity index (χ3v) is 0. The van der Waals surface area contributed by atoms with E-state index in [1.165, 1.54) is 0 Å². The first kappa shape index (κ1) is 13.0. The Balaban J connectivity index is 0. The maximum atomic E-state index is 5.04. The molecule has 0 aromatic carbocycles. The minimum Gasteiger partial charge on any atom is -0.369 e. The molecule has 0 saturated carbocycles. The van der Waals surface area contributed by atoms with Crippen molar-refractivity contribution in [3.63, 3.8) is 0 Å². The molecule has 0 aromatic rings. The van der Waals surface area contributed by atoms with Gasteiger partial charge in [-0.15, -0.1) is 0 Å². The summed E-state index contributed by atoms with van der Waals surface area (Å²) in [5, 5.41) is 0. The molecular formula is H4Cl6NRh. The Morgan fingerprint density at radius 2 is 0.625 bits per heavy atom. The van der Waals surface area contributed by atoms with Crippen molar-refractivity contribution >= 4 is 58.1 Å². The Hall–Kier alpha value is 2.32. The molecule has 0 radical (unpaired) electrons. The maximum absolute atomic E-state index is 5.15. The Bertz CT molecular complexity index is 67.1. The summed E-state index contributed by atoms with van der Waals surface area (Å²) in [6, 6.07) is 0. The molecule has 8 heavy (non-hydrogen) atoms. The van der Waals surface area contributed by atoms with Crippen LogP contribution in [-0.2, 0) is 6.48 Å². The SMILES string of the molecule is [Cl][Rh-]([Cl])([Cl])([Cl])([Cl])[Cl].[NH4+]. The summed E-state index contributed by atoms with van der Waals surface area (Å²) in [5.74, 6) is 0. The van der Waals surface area contributed by atoms with E-state index >= 15 is 0 Å². The summed E-state index contributed by atoms with van der Waals surface area (Å²) in [5.41, 5.74) is 0. The molecule has 0 aliphatic carbocycles. The van der Waals surface area contributed by atoms with Gasteiger partial charge in [0.05, 0.1) is 0 Å². The largest absolute Gasteiger partial charge is 0.369 e. The van der Waals surface area contributed by atoms with E-state index in [4.69, 9.17) is 58.1 Å². The van der Waals surface area contributed by atoms with Crippen molar-refractivity contribution in [1.29, 1.82) is 0 Å². The second kappa shape index (κ2) is 2.15. The normalized spacial score (nSPS) is 20.2. The number of hydrogen-bond donors (Lipinski definition) is 1. The zero-order valence-electron chi connectivity index (χ0n) is 3.60.